The third-order valence-corrected chi connectivity index (χ3v) is 6.58. The fraction of sp³-hybridized carbons (Fsp3) is 0.833. The van der Waals surface area contributed by atoms with E-state index < -0.39 is 0 Å². The summed E-state index contributed by atoms with van der Waals surface area (Å²) in [6, 6.07) is 0.864. The Morgan fingerprint density at radius 3 is 2.19 bits per heavy atom. The summed E-state index contributed by atoms with van der Waals surface area (Å²) in [5, 5.41) is 3.84. The Hall–Kier alpha value is -0.830. The van der Waals surface area contributed by atoms with Crippen LogP contribution in [0.4, 0.5) is 0 Å². The number of aryl methyl sites for hydroxylation is 1. The summed E-state index contributed by atoms with van der Waals surface area (Å²) >= 11 is 0. The molecule has 0 amide bonds. The number of nitrogens with zero attached hydrogens (tertiary/aromatic N) is 1. The number of rotatable bonds is 4. The lowest BCUT2D eigenvalue weighted by Gasteiger charge is -2.59. The van der Waals surface area contributed by atoms with E-state index in [1.165, 1.54) is 38.5 Å². The second-order valence-electron chi connectivity index (χ2n) is 8.18. The molecular formula is C18H28N2O. The van der Waals surface area contributed by atoms with Crippen LogP contribution in [0.25, 0.3) is 0 Å². The molecule has 0 aliphatic heterocycles. The van der Waals surface area contributed by atoms with E-state index in [2.05, 4.69) is 24.1 Å². The van der Waals surface area contributed by atoms with Gasteiger partial charge in [-0.3, -0.25) is 0 Å². The van der Waals surface area contributed by atoms with Crippen molar-refractivity contribution in [1.29, 1.82) is 0 Å². The maximum Gasteiger partial charge on any atom is 0.191 e. The van der Waals surface area contributed by atoms with Crippen LogP contribution in [0.15, 0.2) is 10.7 Å². The quantitative estimate of drug-likeness (QED) is 0.900. The van der Waals surface area contributed by atoms with Crippen molar-refractivity contribution in [3.05, 3.63) is 17.8 Å². The van der Waals surface area contributed by atoms with Gasteiger partial charge in [0.2, 0.25) is 0 Å². The zero-order chi connectivity index (χ0) is 14.6. The Balaban J connectivity index is 1.48. The van der Waals surface area contributed by atoms with E-state index in [0.717, 1.165) is 29.3 Å². The molecule has 0 radical (unpaired) electrons. The highest BCUT2D eigenvalue weighted by Crippen LogP contribution is 2.61. The van der Waals surface area contributed by atoms with Gasteiger partial charge in [-0.15, -0.1) is 0 Å². The Morgan fingerprint density at radius 1 is 1.14 bits per heavy atom. The van der Waals surface area contributed by atoms with E-state index in [0.29, 0.717) is 11.5 Å². The average Bonchev–Trinajstić information content (AvgIpc) is 2.84. The van der Waals surface area contributed by atoms with Crippen LogP contribution in [0.1, 0.15) is 70.0 Å². The molecule has 4 saturated carbocycles. The van der Waals surface area contributed by atoms with Crippen LogP contribution in [-0.4, -0.2) is 11.0 Å². The molecule has 5 rings (SSSR count). The molecular weight excluding hydrogens is 260 g/mol. The van der Waals surface area contributed by atoms with E-state index in [9.17, 15) is 0 Å². The number of hydrogen-bond donors (Lipinski definition) is 1. The summed E-state index contributed by atoms with van der Waals surface area (Å²) in [7, 11) is 0. The van der Waals surface area contributed by atoms with Crippen molar-refractivity contribution in [3.8, 4) is 0 Å². The van der Waals surface area contributed by atoms with E-state index >= 15 is 0 Å². The number of hydrogen-bond acceptors (Lipinski definition) is 3. The van der Waals surface area contributed by atoms with Gasteiger partial charge in [-0.25, -0.2) is 4.98 Å². The van der Waals surface area contributed by atoms with Crippen molar-refractivity contribution in [3.63, 3.8) is 0 Å². The van der Waals surface area contributed by atoms with Crippen molar-refractivity contribution in [2.45, 2.75) is 71.4 Å². The summed E-state index contributed by atoms with van der Waals surface area (Å²) < 4.78 is 5.37. The van der Waals surface area contributed by atoms with Crippen LogP contribution < -0.4 is 5.32 Å². The Labute approximate surface area is 127 Å². The summed E-state index contributed by atoms with van der Waals surface area (Å²) in [4.78, 5) is 4.48. The fourth-order valence-electron chi connectivity index (χ4n) is 5.92. The molecule has 4 aliphatic rings. The van der Waals surface area contributed by atoms with E-state index in [1.807, 2.05) is 6.92 Å². The molecule has 0 saturated heterocycles. The minimum atomic E-state index is 0.283. The molecule has 1 aromatic rings. The molecule has 0 spiro atoms. The first-order valence-electron chi connectivity index (χ1n) is 8.72. The Bertz CT molecular complexity index is 486. The monoisotopic (exact) mass is 288 g/mol. The molecule has 1 N–H and O–H groups in total. The van der Waals surface area contributed by atoms with Crippen molar-refractivity contribution in [1.82, 2.24) is 10.3 Å². The minimum Gasteiger partial charge on any atom is -0.449 e. The number of aromatic nitrogens is 1. The van der Waals surface area contributed by atoms with Crippen LogP contribution in [0.3, 0.4) is 0 Å². The van der Waals surface area contributed by atoms with Crippen LogP contribution in [0.5, 0.6) is 0 Å². The fourth-order valence-corrected chi connectivity index (χ4v) is 5.92. The lowest BCUT2D eigenvalue weighted by Crippen LogP contribution is -2.55. The highest BCUT2D eigenvalue weighted by Gasteiger charge is 2.53. The Morgan fingerprint density at radius 2 is 1.71 bits per heavy atom. The largest absolute Gasteiger partial charge is 0.449 e. The van der Waals surface area contributed by atoms with Crippen LogP contribution in [-0.2, 0) is 0 Å². The second kappa shape index (κ2) is 4.84. The molecule has 0 aromatic carbocycles. The van der Waals surface area contributed by atoms with Gasteiger partial charge < -0.3 is 9.73 Å². The van der Waals surface area contributed by atoms with Gasteiger partial charge in [0, 0.05) is 13.0 Å². The van der Waals surface area contributed by atoms with E-state index in [-0.39, 0.29) is 6.04 Å². The number of nitrogens with one attached hydrogen (secondary N) is 1. The van der Waals surface area contributed by atoms with Crippen LogP contribution in [0.2, 0.25) is 0 Å². The molecule has 1 aromatic heterocycles. The van der Waals surface area contributed by atoms with Gasteiger partial charge in [-0.05, 0) is 75.5 Å². The zero-order valence-corrected chi connectivity index (χ0v) is 13.6. The molecule has 2 atom stereocenters. The van der Waals surface area contributed by atoms with Crippen LogP contribution >= 0.6 is 0 Å². The summed E-state index contributed by atoms with van der Waals surface area (Å²) in [6.45, 7) is 6.55. The van der Waals surface area contributed by atoms with Crippen molar-refractivity contribution < 1.29 is 4.42 Å². The molecule has 4 aliphatic carbocycles. The molecule has 1 heterocycles. The van der Waals surface area contributed by atoms with Gasteiger partial charge in [0.25, 0.3) is 0 Å². The standard InChI is InChI=1S/C18H28N2O/c1-11(17-10-21-13(3)20-17)19-12(2)18-7-14-4-15(8-18)6-16(5-14)9-18/h10-12,14-16,19H,4-9H2,1-3H3/t11-,12-,14?,15?,16?,18?/m0/s1. The van der Waals surface area contributed by atoms with Gasteiger partial charge in [0.05, 0.1) is 11.7 Å². The van der Waals surface area contributed by atoms with Gasteiger partial charge >= 0.3 is 0 Å². The molecule has 3 heteroatoms. The summed E-state index contributed by atoms with van der Waals surface area (Å²) in [5.41, 5.74) is 1.60. The first-order valence-corrected chi connectivity index (χ1v) is 8.72. The topological polar surface area (TPSA) is 38.1 Å². The second-order valence-corrected chi connectivity index (χ2v) is 8.18. The first kappa shape index (κ1) is 13.8. The predicted octanol–water partition coefficient (Wildman–Crippen LogP) is 4.24. The van der Waals surface area contributed by atoms with Gasteiger partial charge in [0.15, 0.2) is 5.89 Å². The highest BCUT2D eigenvalue weighted by atomic mass is 16.3. The van der Waals surface area contributed by atoms with E-state index in [1.54, 1.807) is 6.26 Å². The molecule has 21 heavy (non-hydrogen) atoms. The first-order chi connectivity index (χ1) is 10.0. The Kier molecular flexibility index (Phi) is 3.18. The highest BCUT2D eigenvalue weighted by molar-refractivity contribution is 5.08. The summed E-state index contributed by atoms with van der Waals surface area (Å²) in [5.74, 6) is 3.82. The molecule has 116 valence electrons. The molecule has 3 nitrogen and oxygen atoms in total. The SMILES string of the molecule is Cc1nc([C@H](C)N[C@@H](C)C23CC4CC(CC(C4)C2)C3)co1. The maximum absolute atomic E-state index is 5.37. The smallest absolute Gasteiger partial charge is 0.191 e. The van der Waals surface area contributed by atoms with Gasteiger partial charge in [0.1, 0.15) is 6.26 Å². The predicted molar refractivity (Wildman–Crippen MR) is 82.9 cm³/mol. The summed E-state index contributed by atoms with van der Waals surface area (Å²) in [6.07, 6.45) is 10.7. The van der Waals surface area contributed by atoms with Crippen LogP contribution in [0, 0.1) is 30.1 Å². The number of oxazole rings is 1. The van der Waals surface area contributed by atoms with Crippen molar-refractivity contribution in [2.75, 3.05) is 0 Å². The van der Waals surface area contributed by atoms with Crippen molar-refractivity contribution >= 4 is 0 Å². The van der Waals surface area contributed by atoms with E-state index in [4.69, 9.17) is 4.42 Å². The lowest BCUT2D eigenvalue weighted by molar-refractivity contribution is -0.0720. The average molecular weight is 288 g/mol. The van der Waals surface area contributed by atoms with Gasteiger partial charge in [-0.1, -0.05) is 0 Å². The normalized spacial score (nSPS) is 40.4. The lowest BCUT2D eigenvalue weighted by atomic mass is 9.48. The maximum atomic E-state index is 5.37. The zero-order valence-electron chi connectivity index (χ0n) is 13.6. The van der Waals surface area contributed by atoms with Crippen molar-refractivity contribution in [2.24, 2.45) is 23.2 Å². The third-order valence-electron chi connectivity index (χ3n) is 6.58. The molecule has 0 unspecified atom stereocenters. The molecule has 4 fully saturated rings. The third kappa shape index (κ3) is 2.34. The minimum absolute atomic E-state index is 0.283. The van der Waals surface area contributed by atoms with Gasteiger partial charge in [-0.2, -0.15) is 0 Å². The molecule has 4 bridgehead atoms.